The smallest absolute Gasteiger partial charge is 0.191 e. The number of nitrogens with one attached hydrogen (secondary N) is 2. The van der Waals surface area contributed by atoms with Crippen LogP contribution in [0.1, 0.15) is 32.1 Å². The highest BCUT2D eigenvalue weighted by molar-refractivity contribution is 14.0. The number of nitrogens with zero attached hydrogens (tertiary/aromatic N) is 2. The molecule has 0 amide bonds. The lowest BCUT2D eigenvalue weighted by atomic mass is 10.0. The van der Waals surface area contributed by atoms with Crippen LogP contribution >= 0.6 is 24.0 Å². The van der Waals surface area contributed by atoms with Gasteiger partial charge in [-0.1, -0.05) is 6.07 Å². The second-order valence-corrected chi connectivity index (χ2v) is 7.42. The Bertz CT molecular complexity index is 620. The first-order valence-electron chi connectivity index (χ1n) is 10.4. The van der Waals surface area contributed by atoms with Gasteiger partial charge >= 0.3 is 0 Å². The zero-order valence-corrected chi connectivity index (χ0v) is 19.6. The molecule has 2 fully saturated rings. The third-order valence-electron chi connectivity index (χ3n) is 5.37. The van der Waals surface area contributed by atoms with Gasteiger partial charge in [0.1, 0.15) is 5.82 Å². The normalized spacial score (nSPS) is 19.0. The Morgan fingerprint density at radius 2 is 2.00 bits per heavy atom. The van der Waals surface area contributed by atoms with E-state index in [0.29, 0.717) is 12.1 Å². The van der Waals surface area contributed by atoms with Crippen molar-refractivity contribution in [2.24, 2.45) is 4.99 Å². The Hall–Kier alpha value is -1.13. The highest BCUT2D eigenvalue weighted by Crippen LogP contribution is 2.20. The van der Waals surface area contributed by atoms with Crippen LogP contribution in [-0.2, 0) is 9.47 Å². The summed E-state index contributed by atoms with van der Waals surface area (Å²) in [5, 5.41) is 6.89. The first-order valence-corrected chi connectivity index (χ1v) is 10.4. The Balaban J connectivity index is 0.00000300. The zero-order valence-electron chi connectivity index (χ0n) is 17.2. The summed E-state index contributed by atoms with van der Waals surface area (Å²) in [5.41, 5.74) is 0.963. The first-order chi connectivity index (χ1) is 13.7. The summed E-state index contributed by atoms with van der Waals surface area (Å²) in [6.07, 6.45) is 5.33. The number of rotatable bonds is 7. The maximum atomic E-state index is 13.4. The lowest BCUT2D eigenvalue weighted by molar-refractivity contribution is -0.0320. The van der Waals surface area contributed by atoms with E-state index in [1.165, 1.54) is 6.07 Å². The van der Waals surface area contributed by atoms with Gasteiger partial charge in [-0.2, -0.15) is 0 Å². The van der Waals surface area contributed by atoms with Crippen molar-refractivity contribution in [3.05, 3.63) is 30.1 Å². The summed E-state index contributed by atoms with van der Waals surface area (Å²) in [6.45, 7) is 5.06. The molecule has 2 N–H and O–H groups in total. The molecule has 29 heavy (non-hydrogen) atoms. The van der Waals surface area contributed by atoms with Crippen molar-refractivity contribution in [2.45, 2.75) is 44.2 Å². The second-order valence-electron chi connectivity index (χ2n) is 7.42. The summed E-state index contributed by atoms with van der Waals surface area (Å²) in [5.74, 6) is 0.665. The number of guanidine groups is 1. The number of hydrogen-bond donors (Lipinski definition) is 2. The van der Waals surface area contributed by atoms with Crippen molar-refractivity contribution < 1.29 is 13.9 Å². The van der Waals surface area contributed by atoms with Crippen LogP contribution in [0.3, 0.4) is 0 Å². The van der Waals surface area contributed by atoms with Crippen LogP contribution in [0.25, 0.3) is 0 Å². The van der Waals surface area contributed by atoms with Crippen LogP contribution in [0.2, 0.25) is 0 Å². The quantitative estimate of drug-likeness (QED) is 0.251. The third-order valence-corrected chi connectivity index (χ3v) is 5.37. The molecule has 2 aliphatic rings. The molecule has 0 radical (unpaired) electrons. The van der Waals surface area contributed by atoms with E-state index in [0.717, 1.165) is 83.2 Å². The molecule has 164 valence electrons. The monoisotopic (exact) mass is 520 g/mol. The van der Waals surface area contributed by atoms with Crippen LogP contribution in [-0.4, -0.2) is 64.6 Å². The molecule has 0 bridgehead atoms. The molecular formula is C21H34FIN4O2. The van der Waals surface area contributed by atoms with Gasteiger partial charge in [0.05, 0.1) is 6.10 Å². The van der Waals surface area contributed by atoms with Crippen LogP contribution < -0.4 is 15.5 Å². The Morgan fingerprint density at radius 3 is 2.69 bits per heavy atom. The predicted octanol–water partition coefficient (Wildman–Crippen LogP) is 3.16. The fraction of sp³-hybridized carbons (Fsp3) is 0.667. The molecule has 0 aliphatic carbocycles. The average Bonchev–Trinajstić information content (AvgIpc) is 2.74. The first kappa shape index (κ1) is 24.1. The van der Waals surface area contributed by atoms with E-state index in [4.69, 9.17) is 9.47 Å². The molecule has 0 aromatic heterocycles. The maximum absolute atomic E-state index is 13.4. The van der Waals surface area contributed by atoms with E-state index in [-0.39, 0.29) is 29.8 Å². The van der Waals surface area contributed by atoms with Gasteiger partial charge in [-0.3, -0.25) is 4.99 Å². The number of benzene rings is 1. The minimum atomic E-state index is -0.178. The van der Waals surface area contributed by atoms with E-state index >= 15 is 0 Å². The van der Waals surface area contributed by atoms with E-state index in [1.807, 2.05) is 6.07 Å². The Kier molecular flexibility index (Phi) is 11.0. The molecule has 1 aromatic rings. The van der Waals surface area contributed by atoms with E-state index in [9.17, 15) is 4.39 Å². The standard InChI is InChI=1S/C21H33FN4O2.HI/c1-23-21(24-10-3-13-28-20-8-14-27-15-9-20)25-18-6-11-26(12-7-18)19-5-2-4-17(22)16-19;/h2,4-5,16,18,20H,3,6-15H2,1H3,(H2,23,24,25);1H. The van der Waals surface area contributed by atoms with Crippen molar-refractivity contribution in [3.63, 3.8) is 0 Å². The third kappa shape index (κ3) is 8.25. The molecule has 1 aromatic carbocycles. The zero-order chi connectivity index (χ0) is 19.6. The predicted molar refractivity (Wildman–Crippen MR) is 126 cm³/mol. The summed E-state index contributed by atoms with van der Waals surface area (Å²) in [7, 11) is 1.80. The van der Waals surface area contributed by atoms with Crippen molar-refractivity contribution in [3.8, 4) is 0 Å². The molecule has 3 rings (SSSR count). The van der Waals surface area contributed by atoms with Crippen LogP contribution in [0.4, 0.5) is 10.1 Å². The average molecular weight is 520 g/mol. The molecule has 2 aliphatic heterocycles. The van der Waals surface area contributed by atoms with Gasteiger partial charge in [0.25, 0.3) is 0 Å². The van der Waals surface area contributed by atoms with Crippen molar-refractivity contribution in [1.29, 1.82) is 0 Å². The molecule has 2 saturated heterocycles. The SMILES string of the molecule is CN=C(NCCCOC1CCOCC1)NC1CCN(c2cccc(F)c2)CC1.I. The topological polar surface area (TPSA) is 58.1 Å². The van der Waals surface area contributed by atoms with E-state index < -0.39 is 0 Å². The number of piperidine rings is 1. The molecule has 6 nitrogen and oxygen atoms in total. The molecule has 0 spiro atoms. The van der Waals surface area contributed by atoms with Crippen molar-refractivity contribution in [1.82, 2.24) is 10.6 Å². The Morgan fingerprint density at radius 1 is 1.24 bits per heavy atom. The van der Waals surface area contributed by atoms with Crippen molar-refractivity contribution in [2.75, 3.05) is 51.4 Å². The molecule has 8 heteroatoms. The van der Waals surface area contributed by atoms with Gasteiger partial charge in [-0.05, 0) is 50.3 Å². The van der Waals surface area contributed by atoms with Crippen LogP contribution in [0.15, 0.2) is 29.3 Å². The number of hydrogen-bond acceptors (Lipinski definition) is 4. The summed E-state index contributed by atoms with van der Waals surface area (Å²) in [4.78, 5) is 6.57. The molecule has 0 atom stereocenters. The minimum absolute atomic E-state index is 0. The van der Waals surface area contributed by atoms with Crippen LogP contribution in [0.5, 0.6) is 0 Å². The highest BCUT2D eigenvalue weighted by Gasteiger charge is 2.20. The van der Waals surface area contributed by atoms with Crippen LogP contribution in [0, 0.1) is 5.82 Å². The summed E-state index contributed by atoms with van der Waals surface area (Å²) >= 11 is 0. The largest absolute Gasteiger partial charge is 0.381 e. The molecule has 0 unspecified atom stereocenters. The van der Waals surface area contributed by atoms with Gasteiger partial charge in [0, 0.05) is 58.2 Å². The summed E-state index contributed by atoms with van der Waals surface area (Å²) < 4.78 is 24.7. The fourth-order valence-electron chi connectivity index (χ4n) is 3.71. The lowest BCUT2D eigenvalue weighted by Crippen LogP contribution is -2.49. The van der Waals surface area contributed by atoms with Gasteiger partial charge in [0.15, 0.2) is 5.96 Å². The Labute approximate surface area is 190 Å². The van der Waals surface area contributed by atoms with Gasteiger partial charge in [-0.25, -0.2) is 4.39 Å². The molecular weight excluding hydrogens is 486 g/mol. The molecule has 2 heterocycles. The van der Waals surface area contributed by atoms with Gasteiger partial charge in [0.2, 0.25) is 0 Å². The maximum Gasteiger partial charge on any atom is 0.191 e. The van der Waals surface area contributed by atoms with Crippen molar-refractivity contribution >= 4 is 35.6 Å². The van der Waals surface area contributed by atoms with Gasteiger partial charge in [-0.15, -0.1) is 24.0 Å². The number of aliphatic imine (C=N–C) groups is 1. The molecule has 0 saturated carbocycles. The lowest BCUT2D eigenvalue weighted by Gasteiger charge is -2.34. The van der Waals surface area contributed by atoms with E-state index in [1.54, 1.807) is 19.2 Å². The van der Waals surface area contributed by atoms with Gasteiger partial charge < -0.3 is 25.0 Å². The second kappa shape index (κ2) is 13.2. The number of ether oxygens (including phenoxy) is 2. The summed E-state index contributed by atoms with van der Waals surface area (Å²) in [6, 6.07) is 7.22. The minimum Gasteiger partial charge on any atom is -0.381 e. The number of anilines is 1. The number of halogens is 2. The van der Waals surface area contributed by atoms with E-state index in [2.05, 4.69) is 20.5 Å². The highest BCUT2D eigenvalue weighted by atomic mass is 127. The fourth-order valence-corrected chi connectivity index (χ4v) is 3.71.